The zero-order valence-electron chi connectivity index (χ0n) is 13.2. The maximum atomic E-state index is 5.38. The Balaban J connectivity index is 0.000000494. The highest BCUT2D eigenvalue weighted by Gasteiger charge is 2.16. The van der Waals surface area contributed by atoms with Crippen LogP contribution in [0.5, 0.6) is 0 Å². The third-order valence-electron chi connectivity index (χ3n) is 3.56. The molecule has 1 aliphatic heterocycles. The van der Waals surface area contributed by atoms with Gasteiger partial charge in [-0.15, -0.1) is 0 Å². The molecule has 0 amide bonds. The lowest BCUT2D eigenvalue weighted by molar-refractivity contribution is -0.0555. The van der Waals surface area contributed by atoms with E-state index in [1.807, 2.05) is 0 Å². The van der Waals surface area contributed by atoms with Gasteiger partial charge in [0.2, 0.25) is 0 Å². The second kappa shape index (κ2) is 13.4. The molecule has 0 aliphatic carbocycles. The van der Waals surface area contributed by atoms with Crippen LogP contribution in [-0.4, -0.2) is 38.3 Å². The molecule has 1 atom stereocenters. The molecule has 0 aromatic carbocycles. The van der Waals surface area contributed by atoms with E-state index in [4.69, 9.17) is 4.74 Å². The molecule has 1 rings (SSSR count). The van der Waals surface area contributed by atoms with E-state index in [1.54, 1.807) is 0 Å². The summed E-state index contributed by atoms with van der Waals surface area (Å²) in [6, 6.07) is 0. The van der Waals surface area contributed by atoms with Crippen LogP contribution in [0.3, 0.4) is 0 Å². The summed E-state index contributed by atoms with van der Waals surface area (Å²) >= 11 is 0. The molecule has 0 aromatic rings. The van der Waals surface area contributed by atoms with Gasteiger partial charge in [0.1, 0.15) is 0 Å². The van der Waals surface area contributed by atoms with Crippen molar-refractivity contribution in [2.75, 3.05) is 27.2 Å². The maximum absolute atomic E-state index is 5.38. The van der Waals surface area contributed by atoms with Crippen molar-refractivity contribution in [3.8, 4) is 0 Å². The van der Waals surface area contributed by atoms with Gasteiger partial charge in [-0.3, -0.25) is 0 Å². The lowest BCUT2D eigenvalue weighted by atomic mass is 10.0. The van der Waals surface area contributed by atoms with E-state index < -0.39 is 0 Å². The first kappa shape index (κ1) is 17.9. The number of unbranched alkanes of at least 4 members (excludes halogenated alkanes) is 6. The Kier molecular flexibility index (Phi) is 13.3. The fourth-order valence-corrected chi connectivity index (χ4v) is 1.84. The van der Waals surface area contributed by atoms with E-state index in [0.29, 0.717) is 6.10 Å². The second-order valence-corrected chi connectivity index (χ2v) is 5.59. The molecule has 0 bridgehead atoms. The SMILES string of the molecule is CCCCCCCCCC1CCO1.CCN(C)C. The van der Waals surface area contributed by atoms with Crippen molar-refractivity contribution in [3.05, 3.63) is 0 Å². The number of nitrogens with zero attached hydrogens (tertiary/aromatic N) is 1. The average molecular weight is 257 g/mol. The predicted octanol–water partition coefficient (Wildman–Crippen LogP) is 4.48. The molecular weight excluding hydrogens is 222 g/mol. The molecule has 2 heteroatoms. The molecule has 110 valence electrons. The van der Waals surface area contributed by atoms with E-state index >= 15 is 0 Å². The molecule has 1 unspecified atom stereocenters. The highest BCUT2D eigenvalue weighted by molar-refractivity contribution is 4.65. The zero-order valence-corrected chi connectivity index (χ0v) is 13.2. The molecular formula is C16H35NO. The van der Waals surface area contributed by atoms with Crippen molar-refractivity contribution < 1.29 is 4.74 Å². The van der Waals surface area contributed by atoms with Gasteiger partial charge in [0.25, 0.3) is 0 Å². The van der Waals surface area contributed by atoms with Crippen LogP contribution in [0, 0.1) is 0 Å². The standard InChI is InChI=1S/C12H24O.C4H11N/c1-2-3-4-5-6-7-8-9-12-10-11-13-12;1-4-5(2)3/h12H,2-11H2,1H3;4H2,1-3H3. The molecule has 2 nitrogen and oxygen atoms in total. The monoisotopic (exact) mass is 257 g/mol. The molecule has 0 aromatic heterocycles. The lowest BCUT2D eigenvalue weighted by Gasteiger charge is -2.26. The summed E-state index contributed by atoms with van der Waals surface area (Å²) in [7, 11) is 4.11. The Labute approximate surface area is 115 Å². The Morgan fingerprint density at radius 2 is 1.44 bits per heavy atom. The molecule has 0 radical (unpaired) electrons. The molecule has 0 spiro atoms. The number of hydrogen-bond donors (Lipinski definition) is 0. The van der Waals surface area contributed by atoms with Gasteiger partial charge in [0, 0.05) is 6.61 Å². The van der Waals surface area contributed by atoms with E-state index in [-0.39, 0.29) is 0 Å². The molecule has 1 heterocycles. The van der Waals surface area contributed by atoms with Gasteiger partial charge in [0.05, 0.1) is 6.10 Å². The first-order valence-corrected chi connectivity index (χ1v) is 7.97. The van der Waals surface area contributed by atoms with Crippen molar-refractivity contribution in [1.82, 2.24) is 4.90 Å². The molecule has 1 fully saturated rings. The molecule has 0 N–H and O–H groups in total. The van der Waals surface area contributed by atoms with Gasteiger partial charge in [-0.05, 0) is 33.5 Å². The Morgan fingerprint density at radius 3 is 1.83 bits per heavy atom. The first-order valence-electron chi connectivity index (χ1n) is 7.97. The number of hydrogen-bond acceptors (Lipinski definition) is 2. The molecule has 1 aliphatic rings. The van der Waals surface area contributed by atoms with Gasteiger partial charge in [-0.1, -0.05) is 58.8 Å². The molecule has 1 saturated heterocycles. The summed E-state index contributed by atoms with van der Waals surface area (Å²) < 4.78 is 5.38. The highest BCUT2D eigenvalue weighted by Crippen LogP contribution is 2.18. The van der Waals surface area contributed by atoms with E-state index in [1.165, 1.54) is 57.8 Å². The largest absolute Gasteiger partial charge is 0.378 e. The molecule has 0 saturated carbocycles. The van der Waals surface area contributed by atoms with E-state index in [0.717, 1.165) is 13.2 Å². The fraction of sp³-hybridized carbons (Fsp3) is 1.00. The number of rotatable bonds is 9. The fourth-order valence-electron chi connectivity index (χ4n) is 1.84. The summed E-state index contributed by atoms with van der Waals surface area (Å²) in [5.74, 6) is 0. The minimum Gasteiger partial charge on any atom is -0.378 e. The van der Waals surface area contributed by atoms with Crippen molar-refractivity contribution in [2.24, 2.45) is 0 Å². The average Bonchev–Trinajstić information content (AvgIpc) is 2.31. The minimum atomic E-state index is 0.635. The summed E-state index contributed by atoms with van der Waals surface area (Å²) in [4.78, 5) is 2.12. The summed E-state index contributed by atoms with van der Waals surface area (Å²) in [5, 5.41) is 0. The maximum Gasteiger partial charge on any atom is 0.0597 e. The third-order valence-corrected chi connectivity index (χ3v) is 3.56. The van der Waals surface area contributed by atoms with Crippen LogP contribution >= 0.6 is 0 Å². The van der Waals surface area contributed by atoms with Gasteiger partial charge in [-0.2, -0.15) is 0 Å². The predicted molar refractivity (Wildman–Crippen MR) is 81.2 cm³/mol. The third kappa shape index (κ3) is 12.4. The normalized spacial score (nSPS) is 18.2. The van der Waals surface area contributed by atoms with Crippen molar-refractivity contribution in [3.63, 3.8) is 0 Å². The molecule has 18 heavy (non-hydrogen) atoms. The zero-order chi connectivity index (χ0) is 13.6. The first-order chi connectivity index (χ1) is 8.70. The van der Waals surface area contributed by atoms with Crippen LogP contribution in [0.15, 0.2) is 0 Å². The summed E-state index contributed by atoms with van der Waals surface area (Å²) in [6.07, 6.45) is 13.2. The second-order valence-electron chi connectivity index (χ2n) is 5.59. The van der Waals surface area contributed by atoms with Gasteiger partial charge < -0.3 is 9.64 Å². The topological polar surface area (TPSA) is 12.5 Å². The Hall–Kier alpha value is -0.0800. The van der Waals surface area contributed by atoms with Gasteiger partial charge in [0.15, 0.2) is 0 Å². The van der Waals surface area contributed by atoms with Crippen LogP contribution in [-0.2, 0) is 4.74 Å². The van der Waals surface area contributed by atoms with Crippen LogP contribution in [0.4, 0.5) is 0 Å². The summed E-state index contributed by atoms with van der Waals surface area (Å²) in [6.45, 7) is 6.55. The summed E-state index contributed by atoms with van der Waals surface area (Å²) in [5.41, 5.74) is 0. The van der Waals surface area contributed by atoms with Crippen LogP contribution in [0.2, 0.25) is 0 Å². The van der Waals surface area contributed by atoms with Crippen molar-refractivity contribution in [2.45, 2.75) is 77.7 Å². The van der Waals surface area contributed by atoms with Gasteiger partial charge >= 0.3 is 0 Å². The highest BCUT2D eigenvalue weighted by atomic mass is 16.5. The van der Waals surface area contributed by atoms with Crippen molar-refractivity contribution in [1.29, 1.82) is 0 Å². The van der Waals surface area contributed by atoms with Crippen LogP contribution < -0.4 is 0 Å². The van der Waals surface area contributed by atoms with E-state index in [9.17, 15) is 0 Å². The van der Waals surface area contributed by atoms with E-state index in [2.05, 4.69) is 32.8 Å². The lowest BCUT2D eigenvalue weighted by Crippen LogP contribution is -2.26. The van der Waals surface area contributed by atoms with Crippen LogP contribution in [0.1, 0.15) is 71.6 Å². The quantitative estimate of drug-likeness (QED) is 0.565. The van der Waals surface area contributed by atoms with Crippen LogP contribution in [0.25, 0.3) is 0 Å². The Morgan fingerprint density at radius 1 is 0.944 bits per heavy atom. The Bertz CT molecular complexity index is 155. The van der Waals surface area contributed by atoms with Gasteiger partial charge in [-0.25, -0.2) is 0 Å². The smallest absolute Gasteiger partial charge is 0.0597 e. The minimum absolute atomic E-state index is 0.635. The van der Waals surface area contributed by atoms with Crippen molar-refractivity contribution >= 4 is 0 Å². The number of ether oxygens (including phenoxy) is 1.